The van der Waals surface area contributed by atoms with Crippen LogP contribution in [0.5, 0.6) is 0 Å². The lowest BCUT2D eigenvalue weighted by Gasteiger charge is -2.33. The van der Waals surface area contributed by atoms with Crippen molar-refractivity contribution in [3.63, 3.8) is 0 Å². The highest BCUT2D eigenvalue weighted by molar-refractivity contribution is 7.48. The van der Waals surface area contributed by atoms with Crippen LogP contribution in [0.1, 0.15) is 86.8 Å². The van der Waals surface area contributed by atoms with Gasteiger partial charge in [-0.3, -0.25) is 18.7 Å². The molecule has 0 aliphatic rings. The summed E-state index contributed by atoms with van der Waals surface area (Å²) in [4.78, 5) is 38.7. The zero-order valence-corrected chi connectivity index (χ0v) is 24.7. The lowest BCUT2D eigenvalue weighted by atomic mass is 10.0. The molecule has 1 N–H and O–H groups in total. The summed E-state index contributed by atoms with van der Waals surface area (Å²) in [6.07, 6.45) is -1.21. The third-order valence-electron chi connectivity index (χ3n) is 4.25. The Balaban J connectivity index is 3.24. The van der Waals surface area contributed by atoms with E-state index in [1.807, 2.05) is 0 Å². The van der Waals surface area contributed by atoms with Crippen LogP contribution in [0.25, 0.3) is 0 Å². The molecule has 0 aliphatic carbocycles. The summed E-state index contributed by atoms with van der Waals surface area (Å²) in [6.45, 7) is 14.1. The number of carboxylic acid groups (broad SMARTS) is 1. The van der Waals surface area contributed by atoms with E-state index < -0.39 is 55.5 Å². The molecule has 1 atom stereocenters. The molecule has 1 aromatic rings. The van der Waals surface area contributed by atoms with Gasteiger partial charge in [-0.15, -0.1) is 0 Å². The molecule has 1 unspecified atom stereocenters. The van der Waals surface area contributed by atoms with Gasteiger partial charge in [0.2, 0.25) is 6.79 Å². The van der Waals surface area contributed by atoms with Gasteiger partial charge >= 0.3 is 25.9 Å². The molecule has 0 aromatic heterocycles. The van der Waals surface area contributed by atoms with Crippen molar-refractivity contribution in [3.05, 3.63) is 35.9 Å². The van der Waals surface area contributed by atoms with Crippen LogP contribution in [0.4, 0.5) is 4.79 Å². The van der Waals surface area contributed by atoms with Gasteiger partial charge in [0, 0.05) is 13.0 Å². The standard InChI is InChI=1S/C26H42NO10P/c1-24(2,3)35-22(30)21(19-14-11-10-12-15-19)27(17-13-16-20(28)29)23(31)33-18-34-38(32,36-25(4,5)6)37-26(7,8)9/h10-12,14-15,21H,13,16-18H2,1-9H3,(H,28,29). The zero-order chi connectivity index (χ0) is 29.4. The SMILES string of the molecule is CC(C)(C)OC(=O)C(c1ccccc1)N(CCCC(=O)O)C(=O)OCOP(=O)(OC(C)(C)C)OC(C)(C)C. The van der Waals surface area contributed by atoms with Crippen LogP contribution < -0.4 is 0 Å². The molecule has 0 saturated carbocycles. The number of rotatable bonds is 12. The number of esters is 1. The maximum atomic E-state index is 13.3. The molecule has 1 rings (SSSR count). The summed E-state index contributed by atoms with van der Waals surface area (Å²) >= 11 is 0. The van der Waals surface area contributed by atoms with Crippen LogP contribution in [0.15, 0.2) is 30.3 Å². The molecule has 11 nitrogen and oxygen atoms in total. The van der Waals surface area contributed by atoms with E-state index in [1.165, 1.54) is 0 Å². The van der Waals surface area contributed by atoms with E-state index in [-0.39, 0.29) is 19.4 Å². The van der Waals surface area contributed by atoms with Gasteiger partial charge in [0.1, 0.15) is 5.60 Å². The van der Waals surface area contributed by atoms with Gasteiger partial charge in [0.25, 0.3) is 0 Å². The van der Waals surface area contributed by atoms with Gasteiger partial charge in [0.15, 0.2) is 6.04 Å². The Morgan fingerprint density at radius 2 is 1.42 bits per heavy atom. The largest absolute Gasteiger partial charge is 0.481 e. The number of phosphoric acid groups is 1. The van der Waals surface area contributed by atoms with Crippen LogP contribution in [-0.4, -0.2) is 58.2 Å². The number of carbonyl (C=O) groups is 3. The fourth-order valence-corrected chi connectivity index (χ4v) is 4.80. The molecule has 1 aromatic carbocycles. The first-order chi connectivity index (χ1) is 17.2. The normalized spacial score (nSPS) is 13.5. The number of carboxylic acids is 1. The van der Waals surface area contributed by atoms with E-state index in [1.54, 1.807) is 92.6 Å². The number of ether oxygens (including phenoxy) is 2. The predicted octanol–water partition coefficient (Wildman–Crippen LogP) is 6.09. The fraction of sp³-hybridized carbons (Fsp3) is 0.654. The Morgan fingerprint density at radius 1 is 0.895 bits per heavy atom. The Bertz CT molecular complexity index is 956. The van der Waals surface area contributed by atoms with Crippen molar-refractivity contribution < 1.29 is 47.1 Å². The Morgan fingerprint density at radius 3 is 1.87 bits per heavy atom. The van der Waals surface area contributed by atoms with Crippen LogP contribution in [0.2, 0.25) is 0 Å². The van der Waals surface area contributed by atoms with Gasteiger partial charge in [-0.2, -0.15) is 0 Å². The van der Waals surface area contributed by atoms with Crippen molar-refractivity contribution in [1.29, 1.82) is 0 Å². The number of aliphatic carboxylic acids is 1. The van der Waals surface area contributed by atoms with Crippen molar-refractivity contribution in [3.8, 4) is 0 Å². The molecule has 1 amide bonds. The number of benzene rings is 1. The molecule has 12 heteroatoms. The van der Waals surface area contributed by atoms with Crippen LogP contribution in [0, 0.1) is 0 Å². The molecule has 0 radical (unpaired) electrons. The Labute approximate surface area is 225 Å². The average molecular weight is 560 g/mol. The van der Waals surface area contributed by atoms with E-state index in [9.17, 15) is 18.9 Å². The first-order valence-corrected chi connectivity index (χ1v) is 13.8. The minimum atomic E-state index is -4.18. The van der Waals surface area contributed by atoms with E-state index in [4.69, 9.17) is 28.2 Å². The average Bonchev–Trinajstić information content (AvgIpc) is 2.69. The lowest BCUT2D eigenvalue weighted by Crippen LogP contribution is -2.43. The van der Waals surface area contributed by atoms with Crippen molar-refractivity contribution in [2.75, 3.05) is 13.3 Å². The van der Waals surface area contributed by atoms with Gasteiger partial charge in [-0.05, 0) is 74.3 Å². The van der Waals surface area contributed by atoms with Gasteiger partial charge in [-0.1, -0.05) is 30.3 Å². The van der Waals surface area contributed by atoms with Gasteiger partial charge in [-0.25, -0.2) is 18.7 Å². The topological polar surface area (TPSA) is 138 Å². The summed E-state index contributed by atoms with van der Waals surface area (Å²) in [5, 5.41) is 9.09. The molecule has 0 bridgehead atoms. The highest BCUT2D eigenvalue weighted by Crippen LogP contribution is 2.55. The lowest BCUT2D eigenvalue weighted by molar-refractivity contribution is -0.161. The first-order valence-electron chi connectivity index (χ1n) is 12.3. The summed E-state index contributed by atoms with van der Waals surface area (Å²) in [5.74, 6) is -1.79. The van der Waals surface area contributed by atoms with Crippen molar-refractivity contribution >= 4 is 25.9 Å². The third-order valence-corrected chi connectivity index (χ3v) is 6.21. The van der Waals surface area contributed by atoms with E-state index >= 15 is 0 Å². The monoisotopic (exact) mass is 559 g/mol. The maximum absolute atomic E-state index is 13.3. The Hall–Kier alpha value is -2.46. The molecule has 38 heavy (non-hydrogen) atoms. The molecule has 0 aliphatic heterocycles. The summed E-state index contributed by atoms with van der Waals surface area (Å²) in [7, 11) is -4.18. The van der Waals surface area contributed by atoms with Crippen molar-refractivity contribution in [1.82, 2.24) is 4.90 Å². The second-order valence-corrected chi connectivity index (χ2v) is 13.1. The summed E-state index contributed by atoms with van der Waals surface area (Å²) in [6, 6.07) is 7.19. The predicted molar refractivity (Wildman–Crippen MR) is 140 cm³/mol. The molecule has 0 fully saturated rings. The van der Waals surface area contributed by atoms with E-state index in [2.05, 4.69) is 0 Å². The molecule has 216 valence electrons. The summed E-state index contributed by atoms with van der Waals surface area (Å²) in [5.41, 5.74) is -2.22. The Kier molecular flexibility index (Phi) is 12.0. The van der Waals surface area contributed by atoms with E-state index in [0.29, 0.717) is 5.56 Å². The number of nitrogens with zero attached hydrogens (tertiary/aromatic N) is 1. The van der Waals surface area contributed by atoms with E-state index in [0.717, 1.165) is 4.90 Å². The number of carbonyl (C=O) groups excluding carboxylic acids is 2. The number of hydrogen-bond acceptors (Lipinski definition) is 9. The van der Waals surface area contributed by atoms with Gasteiger partial charge < -0.3 is 14.6 Å². The highest BCUT2D eigenvalue weighted by Gasteiger charge is 2.39. The minimum Gasteiger partial charge on any atom is -0.481 e. The molecular formula is C26H42NO10P. The van der Waals surface area contributed by atoms with Gasteiger partial charge in [0.05, 0.1) is 11.2 Å². The number of hydrogen-bond donors (Lipinski definition) is 1. The van der Waals surface area contributed by atoms with Crippen LogP contribution in [-0.2, 0) is 37.2 Å². The van der Waals surface area contributed by atoms with Crippen molar-refractivity contribution in [2.45, 2.75) is 98.0 Å². The molecule has 0 spiro atoms. The fourth-order valence-electron chi connectivity index (χ4n) is 3.13. The third kappa shape index (κ3) is 13.4. The smallest absolute Gasteiger partial charge is 0.478 e. The molecular weight excluding hydrogens is 517 g/mol. The van der Waals surface area contributed by atoms with Crippen molar-refractivity contribution in [2.24, 2.45) is 0 Å². The zero-order valence-electron chi connectivity index (χ0n) is 23.8. The highest BCUT2D eigenvalue weighted by atomic mass is 31.2. The molecule has 0 saturated heterocycles. The minimum absolute atomic E-state index is 0.0379. The van der Waals surface area contributed by atoms with Crippen LogP contribution >= 0.6 is 7.82 Å². The quantitative estimate of drug-likeness (QED) is 0.182. The first kappa shape index (κ1) is 33.6. The maximum Gasteiger partial charge on any atom is 0.478 e. The molecule has 0 heterocycles. The van der Waals surface area contributed by atoms with Crippen LogP contribution in [0.3, 0.4) is 0 Å². The number of phosphoric ester groups is 1. The number of amides is 1. The summed E-state index contributed by atoms with van der Waals surface area (Å²) < 4.78 is 40.4. The second kappa shape index (κ2) is 13.6. The second-order valence-electron chi connectivity index (χ2n) is 11.5.